The highest BCUT2D eigenvalue weighted by Gasteiger charge is 2.46. The molecule has 0 amide bonds. The molecular weight excluding hydrogens is 358 g/mol. The van der Waals surface area contributed by atoms with Gasteiger partial charge in [0.05, 0.1) is 5.54 Å². The summed E-state index contributed by atoms with van der Waals surface area (Å²) in [6, 6.07) is 13.9. The van der Waals surface area contributed by atoms with Gasteiger partial charge in [-0.15, -0.1) is 0 Å². The van der Waals surface area contributed by atoms with Gasteiger partial charge < -0.3 is 15.8 Å². The minimum Gasteiger partial charge on any atom is -0.385 e. The molecule has 146 valence electrons. The first-order chi connectivity index (χ1) is 13.1. The van der Waals surface area contributed by atoms with Gasteiger partial charge in [0, 0.05) is 57.3 Å². The molecule has 3 N–H and O–H groups in total. The van der Waals surface area contributed by atoms with Crippen molar-refractivity contribution in [2.45, 2.75) is 18.0 Å². The first-order valence-corrected chi connectivity index (χ1v) is 10.1. The number of thiol groups is 1. The minimum absolute atomic E-state index is 0.0753. The molecule has 0 spiro atoms. The lowest BCUT2D eigenvalue weighted by atomic mass is 9.81. The monoisotopic (exact) mass is 387 g/mol. The van der Waals surface area contributed by atoms with Crippen molar-refractivity contribution in [2.75, 3.05) is 45.6 Å². The van der Waals surface area contributed by atoms with Crippen molar-refractivity contribution < 1.29 is 9.53 Å². The third kappa shape index (κ3) is 4.20. The van der Waals surface area contributed by atoms with E-state index in [4.69, 9.17) is 10.5 Å². The number of Topliss-reactive ketones (excluding diaryl/α,β-unsaturated/α-hetero) is 1. The molecule has 0 aliphatic carbocycles. The van der Waals surface area contributed by atoms with E-state index in [2.05, 4.69) is 22.8 Å². The van der Waals surface area contributed by atoms with Gasteiger partial charge in [-0.1, -0.05) is 42.5 Å². The Morgan fingerprint density at radius 2 is 2.11 bits per heavy atom. The fourth-order valence-electron chi connectivity index (χ4n) is 3.97. The van der Waals surface area contributed by atoms with Gasteiger partial charge in [-0.3, -0.25) is 9.69 Å². The van der Waals surface area contributed by atoms with E-state index in [0.29, 0.717) is 31.9 Å². The van der Waals surface area contributed by atoms with Gasteiger partial charge in [0.25, 0.3) is 0 Å². The summed E-state index contributed by atoms with van der Waals surface area (Å²) in [6.45, 7) is 3.38. The first-order valence-electron chi connectivity index (χ1n) is 9.46. The van der Waals surface area contributed by atoms with Crippen LogP contribution < -0.4 is 11.1 Å². The molecule has 2 aromatic carbocycles. The lowest BCUT2D eigenvalue weighted by molar-refractivity contribution is 0.0253. The maximum Gasteiger partial charge on any atom is 0.185 e. The smallest absolute Gasteiger partial charge is 0.185 e. The molecule has 5 nitrogen and oxygen atoms in total. The molecule has 6 heteroatoms. The second-order valence-corrected chi connectivity index (χ2v) is 7.56. The zero-order chi connectivity index (χ0) is 19.3. The minimum atomic E-state index is -0.668. The second-order valence-electron chi connectivity index (χ2n) is 7.20. The number of methoxy groups -OCH3 is 1. The van der Waals surface area contributed by atoms with Crippen LogP contribution in [0.5, 0.6) is 0 Å². The van der Waals surface area contributed by atoms with Crippen molar-refractivity contribution in [1.82, 2.24) is 10.2 Å². The van der Waals surface area contributed by atoms with Gasteiger partial charge in [-0.25, -0.2) is 0 Å². The molecule has 1 aliphatic heterocycles. The number of nitrogens with one attached hydrogen (secondary N) is 1. The molecule has 27 heavy (non-hydrogen) atoms. The maximum absolute atomic E-state index is 13.9. The maximum atomic E-state index is 13.9. The molecule has 2 aromatic rings. The Bertz CT molecular complexity index is 780. The normalized spacial score (nSPS) is 22.0. The summed E-state index contributed by atoms with van der Waals surface area (Å²) in [6.07, 6.45) is 0.623. The number of benzene rings is 2. The Labute approximate surface area is 166 Å². The van der Waals surface area contributed by atoms with E-state index < -0.39 is 5.54 Å². The number of hydrogen-bond donors (Lipinski definition) is 3. The van der Waals surface area contributed by atoms with Gasteiger partial charge in [0.15, 0.2) is 5.78 Å². The zero-order valence-electron chi connectivity index (χ0n) is 15.9. The summed E-state index contributed by atoms with van der Waals surface area (Å²) >= 11 is 4.34. The summed E-state index contributed by atoms with van der Waals surface area (Å²) in [5, 5.41) is 5.49. The van der Waals surface area contributed by atoms with Crippen LogP contribution in [-0.4, -0.2) is 67.9 Å². The van der Waals surface area contributed by atoms with Crippen molar-refractivity contribution in [2.24, 2.45) is 5.73 Å². The van der Waals surface area contributed by atoms with E-state index in [9.17, 15) is 4.79 Å². The highest BCUT2D eigenvalue weighted by atomic mass is 32.1. The molecule has 3 rings (SSSR count). The molecule has 0 saturated carbocycles. The Hall–Kier alpha value is -1.44. The SMILES string of the molecule is COCC[C@@]1(C(=O)c2cccc3ccccc23)CNCCN1C[C@@H](N)CS. The number of carbonyl (C=O) groups excluding carboxylic acids is 1. The Morgan fingerprint density at radius 1 is 1.33 bits per heavy atom. The average molecular weight is 388 g/mol. The van der Waals surface area contributed by atoms with E-state index in [1.807, 2.05) is 42.5 Å². The molecule has 0 aromatic heterocycles. The summed E-state index contributed by atoms with van der Waals surface area (Å²) in [4.78, 5) is 16.2. The first kappa shape index (κ1) is 20.3. The van der Waals surface area contributed by atoms with Crippen LogP contribution in [0.25, 0.3) is 10.8 Å². The summed E-state index contributed by atoms with van der Waals surface area (Å²) in [5.41, 5.74) is 6.30. The van der Waals surface area contributed by atoms with Crippen LogP contribution in [0.4, 0.5) is 0 Å². The van der Waals surface area contributed by atoms with Crippen molar-refractivity contribution in [3.8, 4) is 0 Å². The highest BCUT2D eigenvalue weighted by Crippen LogP contribution is 2.30. The van der Waals surface area contributed by atoms with Gasteiger partial charge in [0.1, 0.15) is 0 Å². The number of ketones is 1. The standard InChI is InChI=1S/C21H29N3O2S/c1-26-12-9-21(15-23-10-11-24(21)13-17(22)14-27)20(25)19-8-4-6-16-5-2-3-7-18(16)19/h2-8,17,23,27H,9-15,22H2,1H3/t17-,21+/m1/s1. The van der Waals surface area contributed by atoms with Crippen LogP contribution in [-0.2, 0) is 4.74 Å². The molecule has 0 unspecified atom stereocenters. The molecule has 1 fully saturated rings. The number of hydrogen-bond acceptors (Lipinski definition) is 6. The number of rotatable bonds is 8. The number of nitrogens with zero attached hydrogens (tertiary/aromatic N) is 1. The summed E-state index contributed by atoms with van der Waals surface area (Å²) < 4.78 is 5.37. The Morgan fingerprint density at radius 3 is 2.89 bits per heavy atom. The Balaban J connectivity index is 2.05. The Kier molecular flexibility index (Phi) is 6.89. The molecule has 1 saturated heterocycles. The van der Waals surface area contributed by atoms with Crippen molar-refractivity contribution in [3.63, 3.8) is 0 Å². The molecular formula is C21H29N3O2S. The number of fused-ring (bicyclic) bond motifs is 1. The van der Waals surface area contributed by atoms with Crippen LogP contribution in [0.1, 0.15) is 16.8 Å². The van der Waals surface area contributed by atoms with Crippen LogP contribution in [0.3, 0.4) is 0 Å². The zero-order valence-corrected chi connectivity index (χ0v) is 16.8. The molecule has 1 aliphatic rings. The van der Waals surface area contributed by atoms with Crippen molar-refractivity contribution in [1.29, 1.82) is 0 Å². The second kappa shape index (κ2) is 9.17. The topological polar surface area (TPSA) is 67.6 Å². The van der Waals surface area contributed by atoms with Gasteiger partial charge >= 0.3 is 0 Å². The number of nitrogens with two attached hydrogens (primary N) is 1. The number of carbonyl (C=O) groups is 1. The van der Waals surface area contributed by atoms with Crippen molar-refractivity contribution in [3.05, 3.63) is 48.0 Å². The van der Waals surface area contributed by atoms with E-state index in [1.54, 1.807) is 7.11 Å². The predicted molar refractivity (Wildman–Crippen MR) is 114 cm³/mol. The lowest BCUT2D eigenvalue weighted by Crippen LogP contribution is -2.67. The van der Waals surface area contributed by atoms with Gasteiger partial charge in [-0.2, -0.15) is 12.6 Å². The average Bonchev–Trinajstić information content (AvgIpc) is 2.72. The van der Waals surface area contributed by atoms with Gasteiger partial charge in [0.2, 0.25) is 0 Å². The van der Waals surface area contributed by atoms with Crippen LogP contribution in [0.2, 0.25) is 0 Å². The third-order valence-electron chi connectivity index (χ3n) is 5.45. The molecule has 0 radical (unpaired) electrons. The van der Waals surface area contributed by atoms with E-state index in [1.165, 1.54) is 0 Å². The van der Waals surface area contributed by atoms with Gasteiger partial charge in [-0.05, 0) is 17.2 Å². The molecule has 1 heterocycles. The van der Waals surface area contributed by atoms with Crippen molar-refractivity contribution >= 4 is 29.2 Å². The van der Waals surface area contributed by atoms with Crippen LogP contribution in [0, 0.1) is 0 Å². The quantitative estimate of drug-likeness (QED) is 0.477. The lowest BCUT2D eigenvalue weighted by Gasteiger charge is -2.47. The van der Waals surface area contributed by atoms with E-state index >= 15 is 0 Å². The number of piperazine rings is 1. The van der Waals surface area contributed by atoms with E-state index in [-0.39, 0.29) is 11.8 Å². The summed E-state index contributed by atoms with van der Waals surface area (Å²) in [7, 11) is 1.68. The van der Waals surface area contributed by atoms with E-state index in [0.717, 1.165) is 29.4 Å². The van der Waals surface area contributed by atoms with Crippen LogP contribution in [0.15, 0.2) is 42.5 Å². The third-order valence-corrected chi connectivity index (χ3v) is 5.92. The predicted octanol–water partition coefficient (Wildman–Crippen LogP) is 1.96. The fourth-order valence-corrected chi connectivity index (χ4v) is 4.09. The summed E-state index contributed by atoms with van der Waals surface area (Å²) in [5.74, 6) is 0.724. The largest absolute Gasteiger partial charge is 0.385 e. The van der Waals surface area contributed by atoms with Crippen LogP contribution >= 0.6 is 12.6 Å². The molecule has 2 atom stereocenters. The molecule has 0 bridgehead atoms. The fraction of sp³-hybridized carbons (Fsp3) is 0.476. The number of ether oxygens (including phenoxy) is 1. The highest BCUT2D eigenvalue weighted by molar-refractivity contribution is 7.80.